The van der Waals surface area contributed by atoms with E-state index in [1.165, 1.54) is 11.1 Å². The highest BCUT2D eigenvalue weighted by atomic mass is 28.4. The standard InChI is InChI=1S/C25H38O2Si/c1-19(12-9-8-10-15-23-20(2)16-17-24(23)26)21-13-11-14-22(18-21)27-28(6,7)25(3,4)5/h8-9,11,13-14,18-19H,10,12,15-17H2,1-7H3. The van der Waals surface area contributed by atoms with Crippen LogP contribution in [0.2, 0.25) is 18.1 Å². The quantitative estimate of drug-likeness (QED) is 0.333. The number of benzene rings is 1. The van der Waals surface area contributed by atoms with E-state index in [2.05, 4.69) is 84.1 Å². The van der Waals surface area contributed by atoms with Crippen molar-refractivity contribution in [3.8, 4) is 5.75 Å². The fourth-order valence-electron chi connectivity index (χ4n) is 3.31. The van der Waals surface area contributed by atoms with Gasteiger partial charge in [0, 0.05) is 6.42 Å². The molecule has 1 atom stereocenters. The first kappa shape index (κ1) is 22.7. The van der Waals surface area contributed by atoms with Gasteiger partial charge in [0.1, 0.15) is 5.75 Å². The molecular weight excluding hydrogens is 360 g/mol. The third-order valence-corrected chi connectivity index (χ3v) is 10.8. The molecule has 0 amide bonds. The van der Waals surface area contributed by atoms with Crippen LogP contribution in [0.1, 0.15) is 78.2 Å². The summed E-state index contributed by atoms with van der Waals surface area (Å²) < 4.78 is 6.46. The van der Waals surface area contributed by atoms with Gasteiger partial charge in [-0.2, -0.15) is 0 Å². The van der Waals surface area contributed by atoms with Gasteiger partial charge in [-0.25, -0.2) is 0 Å². The van der Waals surface area contributed by atoms with Gasteiger partial charge in [0.25, 0.3) is 0 Å². The Morgan fingerprint density at radius 3 is 2.50 bits per heavy atom. The minimum atomic E-state index is -1.81. The summed E-state index contributed by atoms with van der Waals surface area (Å²) in [5.74, 6) is 1.81. The van der Waals surface area contributed by atoms with Crippen molar-refractivity contribution >= 4 is 14.1 Å². The van der Waals surface area contributed by atoms with Crippen LogP contribution in [0.25, 0.3) is 0 Å². The first-order valence-electron chi connectivity index (χ1n) is 10.7. The second-order valence-corrected chi connectivity index (χ2v) is 14.5. The minimum absolute atomic E-state index is 0.200. The molecule has 0 saturated heterocycles. The van der Waals surface area contributed by atoms with Gasteiger partial charge in [0.15, 0.2) is 5.78 Å². The number of hydrogen-bond acceptors (Lipinski definition) is 2. The Labute approximate surface area is 173 Å². The summed E-state index contributed by atoms with van der Waals surface area (Å²) in [4.78, 5) is 11.8. The van der Waals surface area contributed by atoms with Gasteiger partial charge in [-0.3, -0.25) is 4.79 Å². The molecule has 0 N–H and O–H groups in total. The third kappa shape index (κ3) is 5.94. The van der Waals surface area contributed by atoms with E-state index in [1.807, 2.05) is 0 Å². The molecule has 0 radical (unpaired) electrons. The molecular formula is C25H38O2Si. The number of Topliss-reactive ketones (excluding diaryl/α,β-unsaturated/α-hetero) is 1. The molecule has 0 heterocycles. The molecule has 3 heteroatoms. The minimum Gasteiger partial charge on any atom is -0.543 e. The van der Waals surface area contributed by atoms with E-state index in [0.717, 1.165) is 43.4 Å². The highest BCUT2D eigenvalue weighted by Crippen LogP contribution is 2.38. The Morgan fingerprint density at radius 2 is 1.89 bits per heavy atom. The molecule has 28 heavy (non-hydrogen) atoms. The van der Waals surface area contributed by atoms with Crippen molar-refractivity contribution in [2.75, 3.05) is 0 Å². The first-order valence-corrected chi connectivity index (χ1v) is 13.6. The SMILES string of the molecule is CC1=C(CCC=CCC(C)c2cccc(O[Si](C)(C)C(C)(C)C)c2)C(=O)CC1. The van der Waals surface area contributed by atoms with Crippen molar-refractivity contribution < 1.29 is 9.22 Å². The summed E-state index contributed by atoms with van der Waals surface area (Å²) in [6.07, 6.45) is 9.04. The van der Waals surface area contributed by atoms with E-state index in [0.29, 0.717) is 11.7 Å². The lowest BCUT2D eigenvalue weighted by Crippen LogP contribution is -2.43. The lowest BCUT2D eigenvalue weighted by atomic mass is 9.97. The van der Waals surface area contributed by atoms with Gasteiger partial charge in [0.05, 0.1) is 0 Å². The Kier molecular flexibility index (Phi) is 7.50. The van der Waals surface area contributed by atoms with E-state index in [9.17, 15) is 4.79 Å². The molecule has 2 nitrogen and oxygen atoms in total. The van der Waals surface area contributed by atoms with Crippen LogP contribution in [0.5, 0.6) is 5.75 Å². The summed E-state index contributed by atoms with van der Waals surface area (Å²) in [5, 5.41) is 0.200. The predicted molar refractivity (Wildman–Crippen MR) is 123 cm³/mol. The number of carbonyl (C=O) groups is 1. The lowest BCUT2D eigenvalue weighted by Gasteiger charge is -2.36. The van der Waals surface area contributed by atoms with Crippen molar-refractivity contribution in [1.82, 2.24) is 0 Å². The van der Waals surface area contributed by atoms with Crippen LogP contribution >= 0.6 is 0 Å². The summed E-state index contributed by atoms with van der Waals surface area (Å²) in [6, 6.07) is 8.60. The van der Waals surface area contributed by atoms with Crippen LogP contribution < -0.4 is 4.43 Å². The molecule has 1 aromatic carbocycles. The Hall–Kier alpha value is -1.61. The van der Waals surface area contributed by atoms with Gasteiger partial charge >= 0.3 is 0 Å². The van der Waals surface area contributed by atoms with Crippen molar-refractivity contribution in [3.05, 3.63) is 53.1 Å². The summed E-state index contributed by atoms with van der Waals surface area (Å²) in [5.41, 5.74) is 3.70. The molecule has 1 aliphatic carbocycles. The molecule has 1 aliphatic rings. The largest absolute Gasteiger partial charge is 0.543 e. The zero-order valence-electron chi connectivity index (χ0n) is 18.9. The second kappa shape index (κ2) is 9.26. The summed E-state index contributed by atoms with van der Waals surface area (Å²) in [6.45, 7) is 15.8. The van der Waals surface area contributed by atoms with Crippen molar-refractivity contribution in [1.29, 1.82) is 0 Å². The smallest absolute Gasteiger partial charge is 0.250 e. The fraction of sp³-hybridized carbons (Fsp3) is 0.560. The van der Waals surface area contributed by atoms with Crippen LogP contribution in [-0.4, -0.2) is 14.1 Å². The zero-order chi connectivity index (χ0) is 20.9. The molecule has 0 spiro atoms. The first-order chi connectivity index (χ1) is 13.0. The van der Waals surface area contributed by atoms with Gasteiger partial charge in [-0.1, -0.05) is 57.6 Å². The second-order valence-electron chi connectivity index (χ2n) is 9.76. The van der Waals surface area contributed by atoms with Crippen molar-refractivity contribution in [2.45, 2.75) is 90.8 Å². The van der Waals surface area contributed by atoms with E-state index >= 15 is 0 Å². The van der Waals surface area contributed by atoms with E-state index < -0.39 is 8.32 Å². The van der Waals surface area contributed by atoms with E-state index in [-0.39, 0.29) is 5.04 Å². The molecule has 2 rings (SSSR count). The van der Waals surface area contributed by atoms with Gasteiger partial charge in [0.2, 0.25) is 8.32 Å². The summed E-state index contributed by atoms with van der Waals surface area (Å²) >= 11 is 0. The highest BCUT2D eigenvalue weighted by Gasteiger charge is 2.39. The molecule has 0 fully saturated rings. The molecule has 0 aromatic heterocycles. The Balaban J connectivity index is 1.90. The molecule has 0 aliphatic heterocycles. The maximum Gasteiger partial charge on any atom is 0.250 e. The third-order valence-electron chi connectivity index (χ3n) is 6.40. The van der Waals surface area contributed by atoms with Crippen LogP contribution in [-0.2, 0) is 4.79 Å². The molecule has 1 aromatic rings. The van der Waals surface area contributed by atoms with Crippen LogP contribution in [0.15, 0.2) is 47.6 Å². The predicted octanol–water partition coefficient (Wildman–Crippen LogP) is 7.58. The van der Waals surface area contributed by atoms with Crippen molar-refractivity contribution in [2.24, 2.45) is 0 Å². The number of allylic oxidation sites excluding steroid dienone is 4. The Morgan fingerprint density at radius 1 is 1.18 bits per heavy atom. The van der Waals surface area contributed by atoms with Gasteiger partial charge in [-0.05, 0) is 79.9 Å². The number of carbonyl (C=O) groups excluding carboxylic acids is 1. The fourth-order valence-corrected chi connectivity index (χ4v) is 4.33. The van der Waals surface area contributed by atoms with Gasteiger partial charge < -0.3 is 4.43 Å². The normalized spacial score (nSPS) is 16.9. The lowest BCUT2D eigenvalue weighted by molar-refractivity contribution is -0.115. The van der Waals surface area contributed by atoms with E-state index in [4.69, 9.17) is 4.43 Å². The Bertz CT molecular complexity index is 750. The molecule has 1 unspecified atom stereocenters. The molecule has 0 saturated carbocycles. The number of ketones is 1. The number of rotatable bonds is 8. The van der Waals surface area contributed by atoms with Crippen molar-refractivity contribution in [3.63, 3.8) is 0 Å². The monoisotopic (exact) mass is 398 g/mol. The average Bonchev–Trinajstić information content (AvgIpc) is 2.92. The van der Waals surface area contributed by atoms with Crippen LogP contribution in [0, 0.1) is 0 Å². The molecule has 0 bridgehead atoms. The summed E-state index contributed by atoms with van der Waals surface area (Å²) in [7, 11) is -1.81. The zero-order valence-corrected chi connectivity index (χ0v) is 19.9. The average molecular weight is 399 g/mol. The van der Waals surface area contributed by atoms with Crippen LogP contribution in [0.3, 0.4) is 0 Å². The van der Waals surface area contributed by atoms with Gasteiger partial charge in [-0.15, -0.1) is 0 Å². The highest BCUT2D eigenvalue weighted by molar-refractivity contribution is 6.74. The maximum atomic E-state index is 11.8. The topological polar surface area (TPSA) is 26.3 Å². The maximum absolute atomic E-state index is 11.8. The van der Waals surface area contributed by atoms with E-state index in [1.54, 1.807) is 0 Å². The number of hydrogen-bond donors (Lipinski definition) is 0. The van der Waals surface area contributed by atoms with Crippen LogP contribution in [0.4, 0.5) is 0 Å². The molecule has 154 valence electrons.